The third-order valence-corrected chi connectivity index (χ3v) is 0. The van der Waals surface area contributed by atoms with Crippen molar-refractivity contribution in [2.75, 3.05) is 0 Å². The summed E-state index contributed by atoms with van der Waals surface area (Å²) in [5.41, 5.74) is 0. The van der Waals surface area contributed by atoms with Crippen LogP contribution in [0.25, 0.3) is 0 Å². The van der Waals surface area contributed by atoms with Gasteiger partial charge in [-0.25, -0.2) is 0 Å². The van der Waals surface area contributed by atoms with Crippen LogP contribution < -0.4 is 67.7 Å². The first-order valence-corrected chi connectivity index (χ1v) is 8.28. The maximum absolute atomic E-state index is 8.62. The Balaban J connectivity index is -0.000000107. The summed E-state index contributed by atoms with van der Waals surface area (Å²) < 4.78 is 68.9. The quantitative estimate of drug-likeness (QED) is 0.223. The van der Waals surface area contributed by atoms with E-state index in [2.05, 4.69) is 0 Å². The zero-order valence-electron chi connectivity index (χ0n) is 4.73. The van der Waals surface area contributed by atoms with Crippen molar-refractivity contribution in [2.24, 2.45) is 0 Å². The number of halogens is 2. The van der Waals surface area contributed by atoms with Gasteiger partial charge in [-0.15, -0.1) is 0 Å². The minimum Gasteiger partial charge on any atom is -0.286 e. The third-order valence-electron chi connectivity index (χ3n) is 0. The van der Waals surface area contributed by atoms with E-state index in [9.17, 15) is 0 Å². The first kappa shape index (κ1) is 19.3. The van der Waals surface area contributed by atoms with E-state index in [1.54, 1.807) is 0 Å². The van der Waals surface area contributed by atoms with Crippen molar-refractivity contribution in [3.63, 3.8) is 0 Å². The minimum atomic E-state index is -5.94. The van der Waals surface area contributed by atoms with Gasteiger partial charge in [-0.3, -0.25) is 27.5 Å². The molecule has 0 radical (unpaired) electrons. The number of hydrogen-bond donors (Lipinski definition) is 0. The van der Waals surface area contributed by atoms with Gasteiger partial charge in [-0.2, -0.15) is 0 Å². The Labute approximate surface area is 114 Å². The first-order chi connectivity index (χ1) is 4.00. The monoisotopic (exact) mass is 520 g/mol. The van der Waals surface area contributed by atoms with Crippen LogP contribution in [0.3, 0.4) is 0 Å². The van der Waals surface area contributed by atoms with Gasteiger partial charge in [0.1, 0.15) is 40.2 Å². The molecule has 0 aromatic rings. The van der Waals surface area contributed by atoms with Crippen LogP contribution in [0.2, 0.25) is 0 Å². The van der Waals surface area contributed by atoms with E-state index in [4.69, 9.17) is 27.5 Å². The molecular formula is BaI2O8. The Hall–Kier alpha value is 2.71. The molecule has 0 atom stereocenters. The molecule has 0 fully saturated rings. The van der Waals surface area contributed by atoms with Gasteiger partial charge in [0.2, 0.25) is 0 Å². The van der Waals surface area contributed by atoms with Gasteiger partial charge in [0, 0.05) is 0 Å². The minimum absolute atomic E-state index is 0. The fourth-order valence-electron chi connectivity index (χ4n) is 0. The van der Waals surface area contributed by atoms with Crippen molar-refractivity contribution < 1.29 is 67.7 Å². The molecule has 0 aromatic carbocycles. The van der Waals surface area contributed by atoms with Crippen LogP contribution >= 0.6 is 0 Å². The summed E-state index contributed by atoms with van der Waals surface area (Å²) in [5.74, 6) is 0. The molecule has 0 heterocycles. The SMILES string of the molecule is [Ba+2].[O-][I+3]([O-])([O-])[O-].[O-][I+3]([O-])([O-])[O-]. The largest absolute Gasteiger partial charge is 2.00 e. The molecule has 0 rings (SSSR count). The van der Waals surface area contributed by atoms with Crippen LogP contribution in [-0.2, 0) is 0 Å². The molecular weight excluding hydrogens is 519 g/mol. The molecule has 0 aliphatic heterocycles. The summed E-state index contributed by atoms with van der Waals surface area (Å²) in [5, 5.41) is 0. The van der Waals surface area contributed by atoms with Gasteiger partial charge in [-0.1, -0.05) is 0 Å². The zero-order chi connectivity index (χ0) is 9.00. The smallest absolute Gasteiger partial charge is 0.286 e. The second-order valence-corrected chi connectivity index (χ2v) is 5.07. The summed E-state index contributed by atoms with van der Waals surface area (Å²) in [6.07, 6.45) is 0. The maximum atomic E-state index is 8.62. The Morgan fingerprint density at radius 2 is 0.455 bits per heavy atom. The average molecular weight is 519 g/mol. The maximum Gasteiger partial charge on any atom is 2.00 e. The van der Waals surface area contributed by atoms with Gasteiger partial charge in [0.25, 0.3) is 0 Å². The number of hydrogen-bond acceptors (Lipinski definition) is 8. The predicted molar refractivity (Wildman–Crippen MR) is 5.75 cm³/mol. The Morgan fingerprint density at radius 3 is 0.455 bits per heavy atom. The van der Waals surface area contributed by atoms with Crippen molar-refractivity contribution >= 4 is 48.9 Å². The van der Waals surface area contributed by atoms with Gasteiger partial charge in [-0.05, 0) is 0 Å². The molecule has 0 bridgehead atoms. The molecule has 0 amide bonds. The summed E-state index contributed by atoms with van der Waals surface area (Å²) in [7, 11) is 0. The molecule has 0 N–H and O–H groups in total. The van der Waals surface area contributed by atoms with Crippen LogP contribution in [0.4, 0.5) is 0 Å². The van der Waals surface area contributed by atoms with Gasteiger partial charge in [0.05, 0.1) is 0 Å². The standard InChI is InChI=1S/Ba.2IO4/c;2*2-1(3,4)5/q+2;2*-1. The van der Waals surface area contributed by atoms with E-state index in [1.165, 1.54) is 0 Å². The molecule has 8 nitrogen and oxygen atoms in total. The number of rotatable bonds is 0. The van der Waals surface area contributed by atoms with E-state index >= 15 is 0 Å². The predicted octanol–water partition coefficient (Wildman–Crippen LogP) is -15.9. The van der Waals surface area contributed by atoms with Crippen molar-refractivity contribution in [3.8, 4) is 0 Å². The molecule has 0 aliphatic rings. The van der Waals surface area contributed by atoms with Crippen LogP contribution in [0.5, 0.6) is 0 Å². The molecule has 11 heavy (non-hydrogen) atoms. The summed E-state index contributed by atoms with van der Waals surface area (Å²) in [4.78, 5) is 0. The van der Waals surface area contributed by atoms with E-state index in [-0.39, 0.29) is 48.9 Å². The van der Waals surface area contributed by atoms with Crippen molar-refractivity contribution in [2.45, 2.75) is 0 Å². The molecule has 11 heteroatoms. The van der Waals surface area contributed by atoms with Gasteiger partial charge in [0.15, 0.2) is 0 Å². The van der Waals surface area contributed by atoms with Crippen LogP contribution in [0.15, 0.2) is 0 Å². The second kappa shape index (κ2) is 8.06. The van der Waals surface area contributed by atoms with Crippen molar-refractivity contribution in [1.29, 1.82) is 0 Å². The Bertz CT molecular complexity index is 55.1. The third kappa shape index (κ3) is 198. The summed E-state index contributed by atoms with van der Waals surface area (Å²) in [6, 6.07) is 0. The Kier molecular flexibility index (Phi) is 14.1. The van der Waals surface area contributed by atoms with Crippen molar-refractivity contribution in [3.05, 3.63) is 0 Å². The van der Waals surface area contributed by atoms with E-state index < -0.39 is 40.2 Å². The fourth-order valence-corrected chi connectivity index (χ4v) is 0. The normalized spacial score (nSPS) is 10.9. The van der Waals surface area contributed by atoms with Gasteiger partial charge >= 0.3 is 48.9 Å². The topological polar surface area (TPSA) is 184 Å². The zero-order valence-corrected chi connectivity index (χ0v) is 13.5. The average Bonchev–Trinajstić information content (AvgIpc) is 1.12. The Morgan fingerprint density at radius 1 is 0.455 bits per heavy atom. The van der Waals surface area contributed by atoms with Crippen LogP contribution in [0, 0.1) is 0 Å². The summed E-state index contributed by atoms with van der Waals surface area (Å²) in [6.45, 7) is 0. The second-order valence-electron chi connectivity index (χ2n) is 0.756. The van der Waals surface area contributed by atoms with E-state index in [0.29, 0.717) is 0 Å². The van der Waals surface area contributed by atoms with Crippen molar-refractivity contribution in [1.82, 2.24) is 0 Å². The molecule has 0 unspecified atom stereocenters. The molecule has 64 valence electrons. The van der Waals surface area contributed by atoms with Crippen LogP contribution in [-0.4, -0.2) is 48.9 Å². The fraction of sp³-hybridized carbons (Fsp3) is 0. The van der Waals surface area contributed by atoms with E-state index in [1.807, 2.05) is 0 Å². The molecule has 0 saturated carbocycles. The molecule has 0 saturated heterocycles. The van der Waals surface area contributed by atoms with E-state index in [0.717, 1.165) is 0 Å². The van der Waals surface area contributed by atoms with Gasteiger partial charge < -0.3 is 0 Å². The summed E-state index contributed by atoms with van der Waals surface area (Å²) >= 11 is -11.9. The molecule has 0 spiro atoms. The van der Waals surface area contributed by atoms with Crippen LogP contribution in [0.1, 0.15) is 0 Å². The molecule has 0 aliphatic carbocycles. The molecule has 0 aromatic heterocycles. The first-order valence-electron chi connectivity index (χ1n) is 1.23.